The third kappa shape index (κ3) is 5.16. The Morgan fingerprint density at radius 2 is 1.88 bits per heavy atom. The second-order valence-electron chi connectivity index (χ2n) is 8.02. The minimum absolute atomic E-state index is 0.0681. The summed E-state index contributed by atoms with van der Waals surface area (Å²) in [6.07, 6.45) is 4.05. The normalized spacial score (nSPS) is 20.2. The molecule has 0 radical (unpaired) electrons. The topological polar surface area (TPSA) is 43.7 Å². The molecule has 4 heteroatoms. The van der Waals surface area contributed by atoms with Crippen molar-refractivity contribution < 1.29 is 10.2 Å². The summed E-state index contributed by atoms with van der Waals surface area (Å²) in [5, 5.41) is 20.0. The molecule has 0 atom stereocenters. The van der Waals surface area contributed by atoms with Gasteiger partial charge in [-0.05, 0) is 58.9 Å². The van der Waals surface area contributed by atoms with E-state index in [1.807, 2.05) is 6.07 Å². The first-order valence-electron chi connectivity index (χ1n) is 9.32. The van der Waals surface area contributed by atoms with Crippen LogP contribution < -0.4 is 4.90 Å². The quantitative estimate of drug-likeness (QED) is 0.513. The molecule has 2 rings (SSSR count). The van der Waals surface area contributed by atoms with Crippen molar-refractivity contribution in [1.82, 2.24) is 0 Å². The molecule has 1 aliphatic rings. The average Bonchev–Trinajstić information content (AvgIpc) is 2.98. The molecule has 1 heterocycles. The van der Waals surface area contributed by atoms with Crippen LogP contribution in [0.15, 0.2) is 24.9 Å². The lowest BCUT2D eigenvalue weighted by molar-refractivity contribution is 0.122. The molecule has 0 spiro atoms. The maximum absolute atomic E-state index is 10.2. The molecule has 2 N–H and O–H groups in total. The number of nitrogens with zero attached hydrogens (tertiary/aromatic N) is 1. The molecular weight excluding hydrogens is 342 g/mol. The summed E-state index contributed by atoms with van der Waals surface area (Å²) in [5.74, 6) is 6.57. The Kier molecular flexibility index (Phi) is 6.60. The lowest BCUT2D eigenvalue weighted by atomic mass is 9.91. The first-order chi connectivity index (χ1) is 12.1. The number of allylic oxidation sites excluding steroid dienone is 1. The number of aliphatic hydroxyl groups is 2. The van der Waals surface area contributed by atoms with Crippen LogP contribution in [-0.2, 0) is 0 Å². The number of rotatable bonds is 5. The van der Waals surface area contributed by atoms with E-state index < -0.39 is 0 Å². The van der Waals surface area contributed by atoms with Crippen molar-refractivity contribution in [3.05, 3.63) is 34.7 Å². The Balaban J connectivity index is 2.45. The highest BCUT2D eigenvalue weighted by Crippen LogP contribution is 2.40. The first-order valence-corrected chi connectivity index (χ1v) is 10.1. The van der Waals surface area contributed by atoms with Crippen LogP contribution >= 0.6 is 11.3 Å². The van der Waals surface area contributed by atoms with Crippen molar-refractivity contribution >= 4 is 22.8 Å². The minimum atomic E-state index is -0.203. The van der Waals surface area contributed by atoms with Crippen LogP contribution in [0.2, 0.25) is 0 Å². The Bertz CT molecular complexity index is 722. The highest BCUT2D eigenvalue weighted by atomic mass is 32.1. The molecule has 1 fully saturated rings. The zero-order chi connectivity index (χ0) is 19.5. The van der Waals surface area contributed by atoms with Crippen LogP contribution in [0.3, 0.4) is 0 Å². The van der Waals surface area contributed by atoms with Gasteiger partial charge in [-0.3, -0.25) is 0 Å². The third-order valence-corrected chi connectivity index (χ3v) is 5.66. The number of thiophene rings is 1. The largest absolute Gasteiger partial charge is 0.507 e. The van der Waals surface area contributed by atoms with Gasteiger partial charge in [-0.2, -0.15) is 0 Å². The van der Waals surface area contributed by atoms with E-state index in [1.54, 1.807) is 0 Å². The molecule has 1 saturated carbocycles. The fraction of sp³-hybridized carbons (Fsp3) is 0.545. The van der Waals surface area contributed by atoms with Gasteiger partial charge in [-0.1, -0.05) is 31.9 Å². The van der Waals surface area contributed by atoms with Gasteiger partial charge in [0.2, 0.25) is 0 Å². The van der Waals surface area contributed by atoms with Crippen LogP contribution in [-0.4, -0.2) is 22.4 Å². The molecule has 0 bridgehead atoms. The fourth-order valence-electron chi connectivity index (χ4n) is 3.19. The van der Waals surface area contributed by atoms with E-state index in [2.05, 4.69) is 57.6 Å². The smallest absolute Gasteiger partial charge is 0.127 e. The fourth-order valence-corrected chi connectivity index (χ4v) is 4.06. The number of anilines is 1. The lowest BCUT2D eigenvalue weighted by Gasteiger charge is -2.38. The summed E-state index contributed by atoms with van der Waals surface area (Å²) in [6, 6.07) is 2.33. The van der Waals surface area contributed by atoms with Gasteiger partial charge in [0.15, 0.2) is 0 Å². The van der Waals surface area contributed by atoms with Crippen molar-refractivity contribution in [2.45, 2.75) is 71.9 Å². The second-order valence-corrected chi connectivity index (χ2v) is 9.08. The Morgan fingerprint density at radius 1 is 1.27 bits per heavy atom. The summed E-state index contributed by atoms with van der Waals surface area (Å²) in [7, 11) is 0. The van der Waals surface area contributed by atoms with Crippen molar-refractivity contribution in [3.8, 4) is 11.8 Å². The van der Waals surface area contributed by atoms with Gasteiger partial charge in [0, 0.05) is 17.2 Å². The van der Waals surface area contributed by atoms with Crippen LogP contribution in [0, 0.1) is 17.3 Å². The maximum atomic E-state index is 10.2. The van der Waals surface area contributed by atoms with E-state index in [0.29, 0.717) is 0 Å². The molecule has 1 aromatic heterocycles. The third-order valence-electron chi connectivity index (χ3n) is 4.57. The summed E-state index contributed by atoms with van der Waals surface area (Å²) >= 11 is 1.47. The van der Waals surface area contributed by atoms with Gasteiger partial charge < -0.3 is 15.1 Å². The van der Waals surface area contributed by atoms with Gasteiger partial charge in [0.1, 0.15) is 5.76 Å². The van der Waals surface area contributed by atoms with E-state index in [4.69, 9.17) is 0 Å². The van der Waals surface area contributed by atoms with Gasteiger partial charge in [0.25, 0.3) is 0 Å². The predicted octanol–water partition coefficient (Wildman–Crippen LogP) is 5.71. The van der Waals surface area contributed by atoms with Crippen LogP contribution in [0.5, 0.6) is 0 Å². The summed E-state index contributed by atoms with van der Waals surface area (Å²) in [4.78, 5) is 3.91. The number of aliphatic hydroxyl groups excluding tert-OH is 2. The Hall–Kier alpha value is -1.70. The Labute approximate surface area is 162 Å². The standard InChI is InChI=1S/C22H31NO2S/c1-7-15(2)23(17-8-10-18(25)11-9-17)20-14-19(12-13-22(4,5)6)26-21(20)16(3)24/h14,17-18,24-25H,2-3,7-11H2,1,4-6H3. The van der Waals surface area contributed by atoms with E-state index in [9.17, 15) is 10.2 Å². The van der Waals surface area contributed by atoms with Crippen LogP contribution in [0.25, 0.3) is 5.76 Å². The zero-order valence-corrected chi connectivity index (χ0v) is 17.2. The highest BCUT2D eigenvalue weighted by Gasteiger charge is 2.29. The van der Waals surface area contributed by atoms with E-state index in [0.717, 1.165) is 53.2 Å². The molecule has 0 aliphatic heterocycles. The van der Waals surface area contributed by atoms with Crippen LogP contribution in [0.4, 0.5) is 5.69 Å². The summed E-state index contributed by atoms with van der Waals surface area (Å²) in [5.41, 5.74) is 1.88. The second kappa shape index (κ2) is 8.33. The van der Waals surface area contributed by atoms with Crippen molar-refractivity contribution in [1.29, 1.82) is 0 Å². The molecule has 0 saturated heterocycles. The maximum Gasteiger partial charge on any atom is 0.127 e. The summed E-state index contributed by atoms with van der Waals surface area (Å²) in [6.45, 7) is 16.4. The highest BCUT2D eigenvalue weighted by molar-refractivity contribution is 7.14. The van der Waals surface area contributed by atoms with Gasteiger partial charge in [-0.25, -0.2) is 0 Å². The van der Waals surface area contributed by atoms with E-state index in [1.165, 1.54) is 11.3 Å². The van der Waals surface area contributed by atoms with Crippen LogP contribution in [0.1, 0.15) is 69.6 Å². The molecule has 3 nitrogen and oxygen atoms in total. The predicted molar refractivity (Wildman–Crippen MR) is 112 cm³/mol. The Morgan fingerprint density at radius 3 is 2.38 bits per heavy atom. The average molecular weight is 374 g/mol. The van der Waals surface area contributed by atoms with Gasteiger partial charge >= 0.3 is 0 Å². The van der Waals surface area contributed by atoms with Crippen molar-refractivity contribution in [2.75, 3.05) is 4.90 Å². The molecule has 1 aliphatic carbocycles. The molecule has 0 unspecified atom stereocenters. The molecule has 26 heavy (non-hydrogen) atoms. The molecule has 0 aromatic carbocycles. The molecule has 0 amide bonds. The molecule has 142 valence electrons. The monoisotopic (exact) mass is 373 g/mol. The van der Waals surface area contributed by atoms with Gasteiger partial charge in [0.05, 0.1) is 21.5 Å². The van der Waals surface area contributed by atoms with Crippen molar-refractivity contribution in [3.63, 3.8) is 0 Å². The van der Waals surface area contributed by atoms with Gasteiger partial charge in [-0.15, -0.1) is 11.3 Å². The van der Waals surface area contributed by atoms with E-state index in [-0.39, 0.29) is 23.3 Å². The number of hydrogen-bond donors (Lipinski definition) is 2. The summed E-state index contributed by atoms with van der Waals surface area (Å²) < 4.78 is 0. The SMILES string of the molecule is C=C(O)c1sc(C#CC(C)(C)C)cc1N(C(=C)CC)C1CCC(O)CC1. The molecular formula is C22H31NO2S. The first kappa shape index (κ1) is 20.6. The number of hydrogen-bond acceptors (Lipinski definition) is 4. The zero-order valence-electron chi connectivity index (χ0n) is 16.4. The van der Waals surface area contributed by atoms with E-state index >= 15 is 0 Å². The minimum Gasteiger partial charge on any atom is -0.507 e. The molecule has 1 aromatic rings. The van der Waals surface area contributed by atoms with Crippen molar-refractivity contribution in [2.24, 2.45) is 5.41 Å². The lowest BCUT2D eigenvalue weighted by Crippen LogP contribution is -2.38.